The number of likely N-dealkylation sites (N-methyl/N-ethyl adjacent to an activating group) is 1. The van der Waals surface area contributed by atoms with E-state index in [2.05, 4.69) is 16.0 Å². The molecule has 0 aliphatic carbocycles. The van der Waals surface area contributed by atoms with Gasteiger partial charge in [-0.1, -0.05) is 20.8 Å². The van der Waals surface area contributed by atoms with Gasteiger partial charge in [0.15, 0.2) is 0 Å². The van der Waals surface area contributed by atoms with Crippen LogP contribution in [0.5, 0.6) is 0 Å². The van der Waals surface area contributed by atoms with Gasteiger partial charge in [-0.3, -0.25) is 14.5 Å². The molecule has 7 heteroatoms. The molecule has 0 aromatic heterocycles. The van der Waals surface area contributed by atoms with Crippen molar-refractivity contribution in [3.63, 3.8) is 0 Å². The van der Waals surface area contributed by atoms with Crippen molar-refractivity contribution in [2.45, 2.75) is 39.2 Å². The van der Waals surface area contributed by atoms with E-state index in [1.807, 2.05) is 20.8 Å². The molecular formula is C13H24N4O3. The van der Waals surface area contributed by atoms with Gasteiger partial charge in [0.2, 0.25) is 5.91 Å². The van der Waals surface area contributed by atoms with Gasteiger partial charge in [0.25, 0.3) is 5.91 Å². The second-order valence-corrected chi connectivity index (χ2v) is 4.81. The molecule has 1 heterocycles. The molecule has 1 aliphatic heterocycles. The van der Waals surface area contributed by atoms with Crippen LogP contribution >= 0.6 is 0 Å². The van der Waals surface area contributed by atoms with Crippen LogP contribution in [0.3, 0.4) is 0 Å². The average Bonchev–Trinajstić information content (AvgIpc) is 2.68. The van der Waals surface area contributed by atoms with Crippen LogP contribution in [-0.4, -0.2) is 54.5 Å². The van der Waals surface area contributed by atoms with Gasteiger partial charge in [-0.2, -0.15) is 0 Å². The Hall–Kier alpha value is -1.63. The van der Waals surface area contributed by atoms with Crippen molar-refractivity contribution >= 4 is 17.8 Å². The van der Waals surface area contributed by atoms with Crippen LogP contribution in [-0.2, 0) is 9.59 Å². The van der Waals surface area contributed by atoms with Crippen molar-refractivity contribution in [1.82, 2.24) is 20.9 Å². The number of amides is 4. The predicted molar refractivity (Wildman–Crippen MR) is 75.1 cm³/mol. The second kappa shape index (κ2) is 7.23. The molecule has 0 saturated carbocycles. The number of carbonyl (C=O) groups excluding carboxylic acids is 3. The summed E-state index contributed by atoms with van der Waals surface area (Å²) in [6.45, 7) is 7.42. The molecule has 1 fully saturated rings. The third-order valence-corrected chi connectivity index (χ3v) is 3.63. The second-order valence-electron chi connectivity index (χ2n) is 4.81. The third-order valence-electron chi connectivity index (χ3n) is 3.63. The molecule has 0 atom stereocenters. The predicted octanol–water partition coefficient (Wildman–Crippen LogP) is -0.177. The maximum absolute atomic E-state index is 12.3. The molecular weight excluding hydrogens is 260 g/mol. The van der Waals surface area contributed by atoms with Gasteiger partial charge >= 0.3 is 6.03 Å². The van der Waals surface area contributed by atoms with Crippen LogP contribution < -0.4 is 16.0 Å². The Morgan fingerprint density at radius 1 is 1.20 bits per heavy atom. The van der Waals surface area contributed by atoms with E-state index < -0.39 is 11.6 Å². The van der Waals surface area contributed by atoms with E-state index in [4.69, 9.17) is 0 Å². The van der Waals surface area contributed by atoms with Crippen molar-refractivity contribution in [3.8, 4) is 0 Å². The monoisotopic (exact) mass is 284 g/mol. The summed E-state index contributed by atoms with van der Waals surface area (Å²) in [6, 6.07) is -0.486. The van der Waals surface area contributed by atoms with E-state index in [1.54, 1.807) is 0 Å². The van der Waals surface area contributed by atoms with Gasteiger partial charge in [0, 0.05) is 13.1 Å². The fraction of sp³-hybridized carbons (Fsp3) is 0.769. The number of nitrogens with one attached hydrogen (secondary N) is 3. The van der Waals surface area contributed by atoms with Gasteiger partial charge in [-0.25, -0.2) is 4.79 Å². The van der Waals surface area contributed by atoms with Gasteiger partial charge < -0.3 is 16.0 Å². The molecule has 0 aromatic carbocycles. The molecule has 7 nitrogen and oxygen atoms in total. The van der Waals surface area contributed by atoms with E-state index in [1.165, 1.54) is 0 Å². The van der Waals surface area contributed by atoms with E-state index in [9.17, 15) is 14.4 Å². The Labute approximate surface area is 119 Å². The van der Waals surface area contributed by atoms with Crippen LogP contribution in [0.15, 0.2) is 0 Å². The first-order chi connectivity index (χ1) is 9.50. The Balaban J connectivity index is 2.53. The van der Waals surface area contributed by atoms with Gasteiger partial charge in [-0.15, -0.1) is 0 Å². The summed E-state index contributed by atoms with van der Waals surface area (Å²) in [5, 5.41) is 8.44. The largest absolute Gasteiger partial charge is 0.353 e. The zero-order chi connectivity index (χ0) is 15.2. The van der Waals surface area contributed by atoms with Crippen molar-refractivity contribution < 1.29 is 14.4 Å². The fourth-order valence-electron chi connectivity index (χ4n) is 2.22. The van der Waals surface area contributed by atoms with Gasteiger partial charge in [0.1, 0.15) is 12.1 Å². The summed E-state index contributed by atoms with van der Waals surface area (Å²) in [7, 11) is 0. The van der Waals surface area contributed by atoms with E-state index in [-0.39, 0.29) is 18.4 Å². The fourth-order valence-corrected chi connectivity index (χ4v) is 2.22. The normalized spacial score (nSPS) is 17.2. The first-order valence-corrected chi connectivity index (χ1v) is 7.12. The number of hydrogen-bond donors (Lipinski definition) is 3. The van der Waals surface area contributed by atoms with E-state index in [0.29, 0.717) is 25.9 Å². The lowest BCUT2D eigenvalue weighted by Crippen LogP contribution is -2.47. The molecule has 3 N–H and O–H groups in total. The molecule has 4 amide bonds. The van der Waals surface area contributed by atoms with Crippen LogP contribution in [0.4, 0.5) is 4.79 Å². The number of urea groups is 1. The molecule has 0 unspecified atom stereocenters. The minimum atomic E-state index is -0.846. The molecule has 0 radical (unpaired) electrons. The Bertz CT molecular complexity index is 380. The topological polar surface area (TPSA) is 90.5 Å². The zero-order valence-corrected chi connectivity index (χ0v) is 12.4. The molecule has 1 aliphatic rings. The minimum Gasteiger partial charge on any atom is -0.353 e. The Morgan fingerprint density at radius 2 is 1.85 bits per heavy atom. The van der Waals surface area contributed by atoms with Crippen LogP contribution in [0.1, 0.15) is 33.6 Å². The Kier molecular flexibility index (Phi) is 5.94. The molecule has 20 heavy (non-hydrogen) atoms. The summed E-state index contributed by atoms with van der Waals surface area (Å²) in [5.41, 5.74) is -0.846. The van der Waals surface area contributed by atoms with Gasteiger partial charge in [-0.05, 0) is 19.4 Å². The van der Waals surface area contributed by atoms with Crippen LogP contribution in [0.25, 0.3) is 0 Å². The lowest BCUT2D eigenvalue weighted by Gasteiger charge is -2.23. The lowest BCUT2D eigenvalue weighted by atomic mass is 9.93. The first-order valence-electron chi connectivity index (χ1n) is 7.12. The number of hydrogen-bond acceptors (Lipinski definition) is 4. The third kappa shape index (κ3) is 3.47. The van der Waals surface area contributed by atoms with Crippen LogP contribution in [0.2, 0.25) is 0 Å². The highest BCUT2D eigenvalue weighted by Gasteiger charge is 2.49. The molecule has 1 rings (SSSR count). The van der Waals surface area contributed by atoms with Crippen molar-refractivity contribution in [2.75, 3.05) is 26.2 Å². The number of imide groups is 1. The number of carbonyl (C=O) groups is 3. The van der Waals surface area contributed by atoms with E-state index in [0.717, 1.165) is 11.4 Å². The smallest absolute Gasteiger partial charge is 0.325 e. The SMILES string of the molecule is CCNCCNC(=O)CN1C(=O)NC(CC)(CC)C1=O. The molecule has 114 valence electrons. The summed E-state index contributed by atoms with van der Waals surface area (Å²) in [6.07, 6.45) is 1.04. The summed E-state index contributed by atoms with van der Waals surface area (Å²) in [5.74, 6) is -0.635. The maximum atomic E-state index is 12.3. The summed E-state index contributed by atoms with van der Waals surface area (Å²) >= 11 is 0. The number of rotatable bonds is 8. The first kappa shape index (κ1) is 16.4. The summed E-state index contributed by atoms with van der Waals surface area (Å²) < 4.78 is 0. The molecule has 0 spiro atoms. The zero-order valence-electron chi connectivity index (χ0n) is 12.4. The Morgan fingerprint density at radius 3 is 2.35 bits per heavy atom. The average molecular weight is 284 g/mol. The van der Waals surface area contributed by atoms with Crippen molar-refractivity contribution in [1.29, 1.82) is 0 Å². The van der Waals surface area contributed by atoms with Crippen molar-refractivity contribution in [3.05, 3.63) is 0 Å². The standard InChI is InChI=1S/C13H24N4O3/c1-4-13(5-2)11(19)17(12(20)16-13)9-10(18)15-8-7-14-6-3/h14H,4-9H2,1-3H3,(H,15,18)(H,16,20). The molecule has 0 bridgehead atoms. The van der Waals surface area contributed by atoms with E-state index >= 15 is 0 Å². The van der Waals surface area contributed by atoms with Gasteiger partial charge in [0.05, 0.1) is 0 Å². The lowest BCUT2D eigenvalue weighted by molar-refractivity contribution is -0.135. The van der Waals surface area contributed by atoms with Crippen molar-refractivity contribution in [2.24, 2.45) is 0 Å². The molecule has 0 aromatic rings. The maximum Gasteiger partial charge on any atom is 0.325 e. The highest BCUT2D eigenvalue weighted by Crippen LogP contribution is 2.24. The quantitative estimate of drug-likeness (QED) is 0.426. The highest BCUT2D eigenvalue weighted by atomic mass is 16.2. The molecule has 1 saturated heterocycles. The highest BCUT2D eigenvalue weighted by molar-refractivity contribution is 6.08. The summed E-state index contributed by atoms with van der Waals surface area (Å²) in [4.78, 5) is 36.8. The van der Waals surface area contributed by atoms with Crippen LogP contribution in [0, 0.1) is 0 Å². The number of nitrogens with zero attached hydrogens (tertiary/aromatic N) is 1. The minimum absolute atomic E-state index is 0.224.